The second-order valence-corrected chi connectivity index (χ2v) is 9.76. The van der Waals surface area contributed by atoms with Gasteiger partial charge in [-0.15, -0.1) is 0 Å². The number of aromatic nitrogens is 5. The molecule has 1 saturated heterocycles. The Balaban J connectivity index is 1.47. The van der Waals surface area contributed by atoms with Crippen LogP contribution in [0.25, 0.3) is 22.2 Å². The minimum Gasteiger partial charge on any atom is -0.372 e. The summed E-state index contributed by atoms with van der Waals surface area (Å²) >= 11 is 0. The number of halogens is 2. The van der Waals surface area contributed by atoms with E-state index in [-0.39, 0.29) is 28.8 Å². The summed E-state index contributed by atoms with van der Waals surface area (Å²) in [6.07, 6.45) is 4.21. The highest BCUT2D eigenvalue weighted by Gasteiger charge is 2.30. The third-order valence-electron chi connectivity index (χ3n) is 7.11. The van der Waals surface area contributed by atoms with Crippen LogP contribution in [0, 0.1) is 11.6 Å². The van der Waals surface area contributed by atoms with Gasteiger partial charge in [0, 0.05) is 63.1 Å². The molecule has 0 amide bonds. The standard InChI is InChI=1S/C27H26F2N6O2/c1-34(2)27-30-9-7-20(32-27)22-12-15(8-11-37-22)21-14-18-25(33-23-4-3-10-35(23)26(18)36)24(31-21)17-6-5-16(28)13-19(17)29/h5-7,9,13-15,22H,3-4,8,10-12H2,1-2H3. The van der Waals surface area contributed by atoms with Gasteiger partial charge < -0.3 is 9.64 Å². The average molecular weight is 505 g/mol. The van der Waals surface area contributed by atoms with Crippen LogP contribution in [-0.2, 0) is 17.7 Å². The van der Waals surface area contributed by atoms with Crippen molar-refractivity contribution in [3.05, 3.63) is 75.7 Å². The summed E-state index contributed by atoms with van der Waals surface area (Å²) in [6.45, 7) is 1.09. The molecule has 0 aliphatic carbocycles. The largest absolute Gasteiger partial charge is 0.372 e. The number of pyridine rings is 1. The highest BCUT2D eigenvalue weighted by Crippen LogP contribution is 2.39. The Bertz CT molecular complexity index is 1570. The molecule has 2 aliphatic heterocycles. The van der Waals surface area contributed by atoms with Gasteiger partial charge in [0.05, 0.1) is 16.8 Å². The molecule has 3 aromatic heterocycles. The average Bonchev–Trinajstić information content (AvgIpc) is 3.38. The molecule has 5 heterocycles. The summed E-state index contributed by atoms with van der Waals surface area (Å²) in [5.74, 6) is -0.211. The molecule has 2 aliphatic rings. The van der Waals surface area contributed by atoms with Crippen LogP contribution in [0.5, 0.6) is 0 Å². The summed E-state index contributed by atoms with van der Waals surface area (Å²) in [5.41, 5.74) is 2.02. The van der Waals surface area contributed by atoms with Crippen molar-refractivity contribution in [2.24, 2.45) is 0 Å². The molecular formula is C27H26F2N6O2. The molecule has 2 unspecified atom stereocenters. The first kappa shape index (κ1) is 23.6. The van der Waals surface area contributed by atoms with E-state index in [1.165, 1.54) is 12.1 Å². The summed E-state index contributed by atoms with van der Waals surface area (Å²) in [7, 11) is 3.75. The fraction of sp³-hybridized carbons (Fsp3) is 0.370. The maximum atomic E-state index is 15.0. The first-order chi connectivity index (χ1) is 17.9. The molecule has 2 atom stereocenters. The summed E-state index contributed by atoms with van der Waals surface area (Å²) in [5, 5.41) is 0.398. The van der Waals surface area contributed by atoms with Crippen LogP contribution in [0.3, 0.4) is 0 Å². The maximum Gasteiger partial charge on any atom is 0.261 e. The van der Waals surface area contributed by atoms with Gasteiger partial charge in [-0.05, 0) is 43.5 Å². The van der Waals surface area contributed by atoms with E-state index in [9.17, 15) is 13.6 Å². The molecule has 6 rings (SSSR count). The van der Waals surface area contributed by atoms with E-state index in [0.29, 0.717) is 60.8 Å². The topological polar surface area (TPSA) is 86.0 Å². The maximum absolute atomic E-state index is 15.0. The zero-order valence-corrected chi connectivity index (χ0v) is 20.6. The lowest BCUT2D eigenvalue weighted by Gasteiger charge is -2.29. The minimum absolute atomic E-state index is 0.0548. The van der Waals surface area contributed by atoms with Gasteiger partial charge in [0.15, 0.2) is 0 Å². The molecular weight excluding hydrogens is 478 g/mol. The van der Waals surface area contributed by atoms with Gasteiger partial charge in [-0.1, -0.05) is 0 Å². The summed E-state index contributed by atoms with van der Waals surface area (Å²) in [6, 6.07) is 7.02. The van der Waals surface area contributed by atoms with Crippen LogP contribution >= 0.6 is 0 Å². The van der Waals surface area contributed by atoms with E-state index >= 15 is 0 Å². The molecule has 0 saturated carbocycles. The highest BCUT2D eigenvalue weighted by atomic mass is 19.1. The van der Waals surface area contributed by atoms with Gasteiger partial charge in [-0.2, -0.15) is 0 Å². The lowest BCUT2D eigenvalue weighted by molar-refractivity contribution is 0.00213. The van der Waals surface area contributed by atoms with Gasteiger partial charge in [0.2, 0.25) is 5.95 Å². The smallest absolute Gasteiger partial charge is 0.261 e. The Morgan fingerprint density at radius 2 is 1.95 bits per heavy atom. The quantitative estimate of drug-likeness (QED) is 0.412. The van der Waals surface area contributed by atoms with E-state index in [1.807, 2.05) is 25.1 Å². The Morgan fingerprint density at radius 1 is 1.08 bits per heavy atom. The Hall–Kier alpha value is -3.79. The van der Waals surface area contributed by atoms with Crippen LogP contribution in [0.4, 0.5) is 14.7 Å². The molecule has 37 heavy (non-hydrogen) atoms. The van der Waals surface area contributed by atoms with Crippen LogP contribution in [0.15, 0.2) is 41.3 Å². The molecule has 190 valence electrons. The van der Waals surface area contributed by atoms with Crippen molar-refractivity contribution in [1.29, 1.82) is 0 Å². The SMILES string of the molecule is CN(C)c1nccc(C2CC(c3cc4c(=O)n5c(nc4c(-c4ccc(F)cc4F)n3)CCC5)CCO2)n1. The van der Waals surface area contributed by atoms with Gasteiger partial charge >= 0.3 is 0 Å². The van der Waals surface area contributed by atoms with Crippen molar-refractivity contribution in [3.63, 3.8) is 0 Å². The molecule has 0 bridgehead atoms. The van der Waals surface area contributed by atoms with E-state index < -0.39 is 11.6 Å². The Labute approximate surface area is 212 Å². The lowest BCUT2D eigenvalue weighted by atomic mass is 9.89. The number of fused-ring (bicyclic) bond motifs is 2. The summed E-state index contributed by atoms with van der Waals surface area (Å²) in [4.78, 5) is 33.8. The fourth-order valence-electron chi connectivity index (χ4n) is 5.21. The number of rotatable bonds is 4. The molecule has 0 N–H and O–H groups in total. The predicted octanol–water partition coefficient (Wildman–Crippen LogP) is 4.17. The monoisotopic (exact) mass is 504 g/mol. The third kappa shape index (κ3) is 4.25. The molecule has 4 aromatic rings. The second kappa shape index (κ2) is 9.26. The van der Waals surface area contributed by atoms with Crippen LogP contribution in [0.1, 0.15) is 48.5 Å². The number of aryl methyl sites for hydroxylation is 1. The van der Waals surface area contributed by atoms with Gasteiger partial charge in [-0.3, -0.25) is 14.3 Å². The number of ether oxygens (including phenoxy) is 1. The van der Waals surface area contributed by atoms with Crippen molar-refractivity contribution in [2.75, 3.05) is 25.6 Å². The van der Waals surface area contributed by atoms with Crippen LogP contribution in [-0.4, -0.2) is 45.2 Å². The van der Waals surface area contributed by atoms with E-state index in [2.05, 4.69) is 9.97 Å². The van der Waals surface area contributed by atoms with E-state index in [4.69, 9.17) is 14.7 Å². The van der Waals surface area contributed by atoms with Gasteiger partial charge in [0.25, 0.3) is 5.56 Å². The zero-order valence-electron chi connectivity index (χ0n) is 20.6. The minimum atomic E-state index is -0.740. The van der Waals surface area contributed by atoms with Crippen molar-refractivity contribution in [2.45, 2.75) is 44.2 Å². The molecule has 0 spiro atoms. The molecule has 10 heteroatoms. The zero-order chi connectivity index (χ0) is 25.7. The van der Waals surface area contributed by atoms with Gasteiger partial charge in [0.1, 0.15) is 29.1 Å². The number of hydrogen-bond acceptors (Lipinski definition) is 7. The number of nitrogens with zero attached hydrogens (tertiary/aromatic N) is 6. The normalized spacial score (nSPS) is 19.2. The molecule has 8 nitrogen and oxygen atoms in total. The van der Waals surface area contributed by atoms with Crippen molar-refractivity contribution < 1.29 is 13.5 Å². The summed E-state index contributed by atoms with van der Waals surface area (Å²) < 4.78 is 36.4. The number of anilines is 1. The number of benzene rings is 1. The first-order valence-electron chi connectivity index (χ1n) is 12.4. The molecule has 1 aromatic carbocycles. The van der Waals surface area contributed by atoms with E-state index in [1.54, 1.807) is 16.8 Å². The predicted molar refractivity (Wildman–Crippen MR) is 134 cm³/mol. The lowest BCUT2D eigenvalue weighted by Crippen LogP contribution is -2.24. The van der Waals surface area contributed by atoms with Crippen molar-refractivity contribution >= 4 is 16.9 Å². The van der Waals surface area contributed by atoms with Crippen molar-refractivity contribution in [1.82, 2.24) is 24.5 Å². The highest BCUT2D eigenvalue weighted by molar-refractivity contribution is 5.91. The Morgan fingerprint density at radius 3 is 2.76 bits per heavy atom. The van der Waals surface area contributed by atoms with Crippen LogP contribution < -0.4 is 10.5 Å². The van der Waals surface area contributed by atoms with Crippen LogP contribution in [0.2, 0.25) is 0 Å². The fourth-order valence-corrected chi connectivity index (χ4v) is 5.21. The second-order valence-electron chi connectivity index (χ2n) is 9.76. The van der Waals surface area contributed by atoms with E-state index in [0.717, 1.165) is 18.2 Å². The first-order valence-corrected chi connectivity index (χ1v) is 12.4. The molecule has 0 radical (unpaired) electrons. The number of hydrogen-bond donors (Lipinski definition) is 0. The third-order valence-corrected chi connectivity index (χ3v) is 7.11. The Kier molecular flexibility index (Phi) is 5.91. The van der Waals surface area contributed by atoms with Gasteiger partial charge in [-0.25, -0.2) is 23.7 Å². The van der Waals surface area contributed by atoms with Crippen molar-refractivity contribution in [3.8, 4) is 11.3 Å². The molecule has 1 fully saturated rings.